The van der Waals surface area contributed by atoms with E-state index in [1.54, 1.807) is 0 Å². The average Bonchev–Trinajstić information content (AvgIpc) is 2.41. The molecule has 0 radical (unpaired) electrons. The van der Waals surface area contributed by atoms with Crippen molar-refractivity contribution in [2.75, 3.05) is 5.32 Å². The largest absolute Gasteiger partial charge is 0.418 e. The number of para-hydroxylation sites is 1. The first-order valence-corrected chi connectivity index (χ1v) is 6.47. The SMILES string of the molecule is O=C(Nc1ccccc1C(F)(F)F)c1cc(Cl)ccc1Cl. The van der Waals surface area contributed by atoms with Crippen LogP contribution < -0.4 is 5.32 Å². The Morgan fingerprint density at radius 1 is 1.05 bits per heavy atom. The van der Waals surface area contributed by atoms with Crippen molar-refractivity contribution in [2.24, 2.45) is 0 Å². The third-order valence-corrected chi connectivity index (χ3v) is 3.22. The van der Waals surface area contributed by atoms with Crippen LogP contribution in [-0.4, -0.2) is 5.91 Å². The van der Waals surface area contributed by atoms with Crippen LogP contribution in [0.3, 0.4) is 0 Å². The van der Waals surface area contributed by atoms with E-state index in [9.17, 15) is 18.0 Å². The van der Waals surface area contributed by atoms with Crippen LogP contribution in [0.2, 0.25) is 10.0 Å². The first-order valence-electron chi connectivity index (χ1n) is 5.71. The van der Waals surface area contributed by atoms with Gasteiger partial charge in [0, 0.05) is 5.02 Å². The van der Waals surface area contributed by atoms with Crippen LogP contribution in [0.15, 0.2) is 42.5 Å². The van der Waals surface area contributed by atoms with Gasteiger partial charge in [0.2, 0.25) is 0 Å². The molecule has 21 heavy (non-hydrogen) atoms. The molecular formula is C14H8Cl2F3NO. The highest BCUT2D eigenvalue weighted by Gasteiger charge is 2.33. The van der Waals surface area contributed by atoms with Gasteiger partial charge in [0.25, 0.3) is 5.91 Å². The molecule has 7 heteroatoms. The molecule has 0 aliphatic rings. The van der Waals surface area contributed by atoms with Gasteiger partial charge in [-0.05, 0) is 30.3 Å². The van der Waals surface area contributed by atoms with Gasteiger partial charge in [0.1, 0.15) is 0 Å². The number of hydrogen-bond acceptors (Lipinski definition) is 1. The van der Waals surface area contributed by atoms with Crippen molar-refractivity contribution >= 4 is 34.8 Å². The smallest absolute Gasteiger partial charge is 0.321 e. The summed E-state index contributed by atoms with van der Waals surface area (Å²) in [7, 11) is 0. The number of benzene rings is 2. The van der Waals surface area contributed by atoms with Crippen LogP contribution in [0.1, 0.15) is 15.9 Å². The first kappa shape index (κ1) is 15.7. The van der Waals surface area contributed by atoms with Crippen molar-refractivity contribution in [1.29, 1.82) is 0 Å². The molecule has 0 saturated heterocycles. The number of carbonyl (C=O) groups is 1. The molecule has 0 unspecified atom stereocenters. The minimum absolute atomic E-state index is 0.00106. The molecule has 0 aliphatic carbocycles. The number of amides is 1. The lowest BCUT2D eigenvalue weighted by molar-refractivity contribution is -0.136. The zero-order valence-electron chi connectivity index (χ0n) is 10.3. The summed E-state index contributed by atoms with van der Waals surface area (Å²) < 4.78 is 38.5. The van der Waals surface area contributed by atoms with Crippen LogP contribution in [0, 0.1) is 0 Å². The van der Waals surface area contributed by atoms with Gasteiger partial charge in [0.15, 0.2) is 0 Å². The fourth-order valence-electron chi connectivity index (χ4n) is 1.70. The maximum Gasteiger partial charge on any atom is 0.418 e. The second kappa shape index (κ2) is 5.95. The highest BCUT2D eigenvalue weighted by molar-refractivity contribution is 6.36. The first-order chi connectivity index (χ1) is 9.79. The fourth-order valence-corrected chi connectivity index (χ4v) is 2.08. The number of alkyl halides is 3. The quantitative estimate of drug-likeness (QED) is 0.797. The predicted octanol–water partition coefficient (Wildman–Crippen LogP) is 5.26. The van der Waals surface area contributed by atoms with Crippen molar-refractivity contribution in [2.45, 2.75) is 6.18 Å². The Morgan fingerprint density at radius 2 is 1.71 bits per heavy atom. The summed E-state index contributed by atoms with van der Waals surface area (Å²) in [6, 6.07) is 8.85. The molecule has 2 aromatic carbocycles. The lowest BCUT2D eigenvalue weighted by atomic mass is 10.1. The van der Waals surface area contributed by atoms with Gasteiger partial charge < -0.3 is 5.32 Å². The van der Waals surface area contributed by atoms with Crippen molar-refractivity contribution in [1.82, 2.24) is 0 Å². The Kier molecular flexibility index (Phi) is 4.44. The highest BCUT2D eigenvalue weighted by Crippen LogP contribution is 2.35. The zero-order valence-corrected chi connectivity index (χ0v) is 11.9. The molecule has 0 bridgehead atoms. The van der Waals surface area contributed by atoms with E-state index >= 15 is 0 Å². The Morgan fingerprint density at radius 3 is 2.38 bits per heavy atom. The monoisotopic (exact) mass is 333 g/mol. The molecule has 2 aromatic rings. The highest BCUT2D eigenvalue weighted by atomic mass is 35.5. The van der Waals surface area contributed by atoms with Gasteiger partial charge in [-0.1, -0.05) is 35.3 Å². The second-order valence-electron chi connectivity index (χ2n) is 4.12. The van der Waals surface area contributed by atoms with E-state index < -0.39 is 17.6 Å². The van der Waals surface area contributed by atoms with Gasteiger partial charge >= 0.3 is 6.18 Å². The Balaban J connectivity index is 2.35. The third-order valence-electron chi connectivity index (χ3n) is 2.65. The van der Waals surface area contributed by atoms with E-state index in [4.69, 9.17) is 23.2 Å². The van der Waals surface area contributed by atoms with E-state index in [1.165, 1.54) is 36.4 Å². The molecule has 1 amide bonds. The summed E-state index contributed by atoms with van der Waals surface area (Å²) in [4.78, 5) is 12.0. The van der Waals surface area contributed by atoms with E-state index in [2.05, 4.69) is 5.32 Å². The number of halogens is 5. The molecule has 2 nitrogen and oxygen atoms in total. The predicted molar refractivity (Wildman–Crippen MR) is 75.9 cm³/mol. The minimum atomic E-state index is -4.57. The molecule has 0 aromatic heterocycles. The molecule has 0 saturated carbocycles. The topological polar surface area (TPSA) is 29.1 Å². The fraction of sp³-hybridized carbons (Fsp3) is 0.0714. The molecule has 1 N–H and O–H groups in total. The normalized spacial score (nSPS) is 11.3. The summed E-state index contributed by atoms with van der Waals surface area (Å²) in [6.07, 6.45) is -4.57. The summed E-state index contributed by atoms with van der Waals surface area (Å²) in [6.45, 7) is 0. The van der Waals surface area contributed by atoms with Crippen molar-refractivity contribution in [3.05, 3.63) is 63.6 Å². The van der Waals surface area contributed by atoms with Crippen molar-refractivity contribution < 1.29 is 18.0 Å². The number of carbonyl (C=O) groups excluding carboxylic acids is 1. The van der Waals surface area contributed by atoms with Crippen molar-refractivity contribution in [3.63, 3.8) is 0 Å². The second-order valence-corrected chi connectivity index (χ2v) is 4.97. The summed E-state index contributed by atoms with van der Waals surface area (Å²) in [5.41, 5.74) is -1.27. The van der Waals surface area contributed by atoms with Crippen LogP contribution in [0.25, 0.3) is 0 Å². The van der Waals surface area contributed by atoms with Crippen LogP contribution in [0.5, 0.6) is 0 Å². The Labute approximate surface area is 128 Å². The molecule has 0 aliphatic heterocycles. The van der Waals surface area contributed by atoms with Gasteiger partial charge in [-0.2, -0.15) is 13.2 Å². The lowest BCUT2D eigenvalue weighted by Gasteiger charge is -2.14. The third kappa shape index (κ3) is 3.68. The lowest BCUT2D eigenvalue weighted by Crippen LogP contribution is -2.17. The number of rotatable bonds is 2. The van der Waals surface area contributed by atoms with Gasteiger partial charge in [-0.25, -0.2) is 0 Å². The van der Waals surface area contributed by atoms with Gasteiger partial charge in [0.05, 0.1) is 21.8 Å². The van der Waals surface area contributed by atoms with Crippen molar-refractivity contribution in [3.8, 4) is 0 Å². The molecule has 0 heterocycles. The standard InChI is InChI=1S/C14H8Cl2F3NO/c15-8-5-6-11(16)9(7-8)13(21)20-12-4-2-1-3-10(12)14(17,18)19/h1-7H,(H,20,21). The average molecular weight is 334 g/mol. The van der Waals surface area contributed by atoms with Crippen LogP contribution in [-0.2, 0) is 6.18 Å². The maximum absolute atomic E-state index is 12.8. The van der Waals surface area contributed by atoms with Gasteiger partial charge in [-0.3, -0.25) is 4.79 Å². The summed E-state index contributed by atoms with van der Waals surface area (Å²) >= 11 is 11.6. The molecule has 110 valence electrons. The summed E-state index contributed by atoms with van der Waals surface area (Å²) in [5, 5.41) is 2.56. The van der Waals surface area contributed by atoms with E-state index in [0.29, 0.717) is 0 Å². The number of nitrogens with one attached hydrogen (secondary N) is 1. The summed E-state index contributed by atoms with van der Waals surface area (Å²) in [5.74, 6) is -0.765. The number of anilines is 1. The van der Waals surface area contributed by atoms with E-state index in [-0.39, 0.29) is 21.3 Å². The van der Waals surface area contributed by atoms with E-state index in [0.717, 1.165) is 6.07 Å². The van der Waals surface area contributed by atoms with E-state index in [1.807, 2.05) is 0 Å². The molecule has 2 rings (SSSR count). The Bertz CT molecular complexity index is 686. The molecule has 0 fully saturated rings. The maximum atomic E-state index is 12.8. The number of hydrogen-bond donors (Lipinski definition) is 1. The van der Waals surface area contributed by atoms with Crippen LogP contribution in [0.4, 0.5) is 18.9 Å². The molecule has 0 spiro atoms. The minimum Gasteiger partial charge on any atom is -0.321 e. The van der Waals surface area contributed by atoms with Crippen LogP contribution >= 0.6 is 23.2 Å². The van der Waals surface area contributed by atoms with Gasteiger partial charge in [-0.15, -0.1) is 0 Å². The Hall–Kier alpha value is -1.72. The molecular weight excluding hydrogens is 326 g/mol. The molecule has 0 atom stereocenters. The zero-order chi connectivity index (χ0) is 15.6.